The van der Waals surface area contributed by atoms with Crippen LogP contribution in [0.1, 0.15) is 25.3 Å². The minimum atomic E-state index is -3.65. The molecule has 1 fully saturated rings. The molecular formula is C15H23N3O3S. The van der Waals surface area contributed by atoms with Crippen molar-refractivity contribution in [3.63, 3.8) is 0 Å². The molecule has 1 atom stereocenters. The number of piperidine rings is 1. The Labute approximate surface area is 131 Å². The predicted molar refractivity (Wildman–Crippen MR) is 84.9 cm³/mol. The maximum Gasteiger partial charge on any atom is 0.317 e. The second kappa shape index (κ2) is 7.11. The lowest BCUT2D eigenvalue weighted by molar-refractivity contribution is 0.170. The van der Waals surface area contributed by atoms with Crippen molar-refractivity contribution in [2.45, 2.75) is 31.1 Å². The molecule has 0 aliphatic carbocycles. The van der Waals surface area contributed by atoms with Crippen molar-refractivity contribution in [1.82, 2.24) is 10.2 Å². The summed E-state index contributed by atoms with van der Waals surface area (Å²) in [5, 5.41) is 7.96. The summed E-state index contributed by atoms with van der Waals surface area (Å²) in [6.45, 7) is 4.32. The molecule has 1 aliphatic rings. The molecule has 7 heteroatoms. The van der Waals surface area contributed by atoms with Gasteiger partial charge in [-0.1, -0.05) is 19.1 Å². The van der Waals surface area contributed by atoms with Crippen molar-refractivity contribution in [2.24, 2.45) is 11.1 Å². The fourth-order valence-electron chi connectivity index (χ4n) is 2.65. The van der Waals surface area contributed by atoms with Crippen LogP contribution < -0.4 is 10.5 Å². The zero-order valence-corrected chi connectivity index (χ0v) is 13.6. The molecule has 1 aromatic rings. The van der Waals surface area contributed by atoms with Crippen molar-refractivity contribution in [2.75, 3.05) is 19.6 Å². The van der Waals surface area contributed by atoms with Crippen molar-refractivity contribution in [1.29, 1.82) is 0 Å². The number of primary sulfonamides is 1. The van der Waals surface area contributed by atoms with E-state index in [9.17, 15) is 13.2 Å². The second-order valence-corrected chi connectivity index (χ2v) is 7.43. The van der Waals surface area contributed by atoms with Gasteiger partial charge < -0.3 is 10.2 Å². The maximum absolute atomic E-state index is 12.0. The standard InChI is InChI=1S/C15H23N3O3S/c1-12-3-2-10-18(11-12)15(19)17-9-8-13-4-6-14(7-5-13)22(16,20)21/h4-7,12H,2-3,8-11H2,1H3,(H,17,19)(H2,16,20,21)/t12-/m1/s1. The average molecular weight is 325 g/mol. The number of carbonyl (C=O) groups excluding carboxylic acids is 1. The first-order valence-corrected chi connectivity index (χ1v) is 9.05. The highest BCUT2D eigenvalue weighted by molar-refractivity contribution is 7.89. The minimum Gasteiger partial charge on any atom is -0.338 e. The van der Waals surface area contributed by atoms with Crippen molar-refractivity contribution >= 4 is 16.1 Å². The van der Waals surface area contributed by atoms with Gasteiger partial charge in [0.1, 0.15) is 0 Å². The third kappa shape index (κ3) is 4.71. The molecule has 3 N–H and O–H groups in total. The number of amides is 2. The quantitative estimate of drug-likeness (QED) is 0.874. The van der Waals surface area contributed by atoms with Gasteiger partial charge in [-0.3, -0.25) is 0 Å². The summed E-state index contributed by atoms with van der Waals surface area (Å²) in [6.07, 6.45) is 2.89. The molecule has 2 rings (SSSR count). The van der Waals surface area contributed by atoms with E-state index in [0.29, 0.717) is 18.9 Å². The van der Waals surface area contributed by atoms with Gasteiger partial charge in [0.15, 0.2) is 0 Å². The normalized spacial score (nSPS) is 19.0. The van der Waals surface area contributed by atoms with Crippen molar-refractivity contribution in [3.05, 3.63) is 29.8 Å². The number of hydrogen-bond acceptors (Lipinski definition) is 3. The van der Waals surface area contributed by atoms with E-state index in [1.807, 2.05) is 4.90 Å². The van der Waals surface area contributed by atoms with Gasteiger partial charge in [-0.25, -0.2) is 18.4 Å². The Kier molecular flexibility index (Phi) is 5.42. The Morgan fingerprint density at radius 3 is 2.64 bits per heavy atom. The molecule has 1 aliphatic heterocycles. The van der Waals surface area contributed by atoms with Gasteiger partial charge in [0.2, 0.25) is 10.0 Å². The molecule has 2 amide bonds. The molecule has 1 heterocycles. The van der Waals surface area contributed by atoms with E-state index in [-0.39, 0.29) is 10.9 Å². The van der Waals surface area contributed by atoms with Crippen LogP contribution >= 0.6 is 0 Å². The molecule has 0 radical (unpaired) electrons. The maximum atomic E-state index is 12.0. The number of carbonyl (C=O) groups is 1. The van der Waals surface area contributed by atoms with Gasteiger partial charge >= 0.3 is 6.03 Å². The van der Waals surface area contributed by atoms with Crippen LogP contribution in [-0.2, 0) is 16.4 Å². The summed E-state index contributed by atoms with van der Waals surface area (Å²) in [5.41, 5.74) is 0.958. The van der Waals surface area contributed by atoms with Crippen LogP contribution in [0.3, 0.4) is 0 Å². The Hall–Kier alpha value is -1.60. The Morgan fingerprint density at radius 1 is 1.36 bits per heavy atom. The molecular weight excluding hydrogens is 302 g/mol. The highest BCUT2D eigenvalue weighted by atomic mass is 32.2. The van der Waals surface area contributed by atoms with E-state index in [1.54, 1.807) is 12.1 Å². The van der Waals surface area contributed by atoms with E-state index >= 15 is 0 Å². The highest BCUT2D eigenvalue weighted by Gasteiger charge is 2.20. The molecule has 0 unspecified atom stereocenters. The molecule has 0 aromatic heterocycles. The van der Waals surface area contributed by atoms with Gasteiger partial charge in [0.05, 0.1) is 4.90 Å². The number of hydrogen-bond donors (Lipinski definition) is 2. The molecule has 1 aromatic carbocycles. The van der Waals surface area contributed by atoms with Crippen LogP contribution in [0.25, 0.3) is 0 Å². The molecule has 0 bridgehead atoms. The number of nitrogens with two attached hydrogens (primary N) is 1. The summed E-state index contributed by atoms with van der Waals surface area (Å²) in [4.78, 5) is 14.0. The van der Waals surface area contributed by atoms with Crippen molar-refractivity contribution in [3.8, 4) is 0 Å². The molecule has 22 heavy (non-hydrogen) atoms. The lowest BCUT2D eigenvalue weighted by atomic mass is 10.0. The van der Waals surface area contributed by atoms with E-state index in [4.69, 9.17) is 5.14 Å². The van der Waals surface area contributed by atoms with Crippen LogP contribution in [0.4, 0.5) is 4.79 Å². The van der Waals surface area contributed by atoms with Crippen LogP contribution in [0.15, 0.2) is 29.2 Å². The second-order valence-electron chi connectivity index (χ2n) is 5.86. The van der Waals surface area contributed by atoms with Gasteiger partial charge in [-0.15, -0.1) is 0 Å². The number of nitrogens with zero attached hydrogens (tertiary/aromatic N) is 1. The molecule has 122 valence electrons. The van der Waals surface area contributed by atoms with E-state index < -0.39 is 10.0 Å². The lowest BCUT2D eigenvalue weighted by Crippen LogP contribution is -2.45. The van der Waals surface area contributed by atoms with Crippen LogP contribution in [0.2, 0.25) is 0 Å². The number of rotatable bonds is 4. The molecule has 0 spiro atoms. The minimum absolute atomic E-state index is 0.0206. The van der Waals surface area contributed by atoms with Crippen LogP contribution in [-0.4, -0.2) is 39.0 Å². The fourth-order valence-corrected chi connectivity index (χ4v) is 3.16. The highest BCUT2D eigenvalue weighted by Crippen LogP contribution is 2.15. The Bertz CT molecular complexity index is 613. The van der Waals surface area contributed by atoms with E-state index in [2.05, 4.69) is 12.2 Å². The number of sulfonamides is 1. The summed E-state index contributed by atoms with van der Waals surface area (Å²) in [7, 11) is -3.65. The third-order valence-electron chi connectivity index (χ3n) is 3.89. The van der Waals surface area contributed by atoms with Gasteiger partial charge in [0, 0.05) is 19.6 Å². The predicted octanol–water partition coefficient (Wildman–Crippen LogP) is 1.32. The van der Waals surface area contributed by atoms with E-state index in [1.165, 1.54) is 18.6 Å². The summed E-state index contributed by atoms with van der Waals surface area (Å²) in [6, 6.07) is 6.38. The first-order chi connectivity index (χ1) is 10.4. The Morgan fingerprint density at radius 2 is 2.05 bits per heavy atom. The smallest absolute Gasteiger partial charge is 0.317 e. The topological polar surface area (TPSA) is 92.5 Å². The fraction of sp³-hybridized carbons (Fsp3) is 0.533. The Balaban J connectivity index is 1.80. The van der Waals surface area contributed by atoms with Gasteiger partial charge in [-0.2, -0.15) is 0 Å². The SMILES string of the molecule is C[C@@H]1CCCN(C(=O)NCCc2ccc(S(N)(=O)=O)cc2)C1. The number of likely N-dealkylation sites (tertiary alicyclic amines) is 1. The number of benzene rings is 1. The zero-order chi connectivity index (χ0) is 16.2. The van der Waals surface area contributed by atoms with E-state index in [0.717, 1.165) is 25.1 Å². The largest absolute Gasteiger partial charge is 0.338 e. The zero-order valence-electron chi connectivity index (χ0n) is 12.8. The first kappa shape index (κ1) is 16.8. The number of urea groups is 1. The monoisotopic (exact) mass is 325 g/mol. The third-order valence-corrected chi connectivity index (χ3v) is 4.82. The van der Waals surface area contributed by atoms with Crippen molar-refractivity contribution < 1.29 is 13.2 Å². The summed E-state index contributed by atoms with van der Waals surface area (Å²) >= 11 is 0. The van der Waals surface area contributed by atoms with Gasteiger partial charge in [-0.05, 0) is 42.9 Å². The first-order valence-electron chi connectivity index (χ1n) is 7.51. The molecule has 0 saturated carbocycles. The average Bonchev–Trinajstić information content (AvgIpc) is 2.47. The summed E-state index contributed by atoms with van der Waals surface area (Å²) in [5.74, 6) is 0.560. The van der Waals surface area contributed by atoms with Crippen LogP contribution in [0, 0.1) is 5.92 Å². The lowest BCUT2D eigenvalue weighted by Gasteiger charge is -2.30. The van der Waals surface area contributed by atoms with Gasteiger partial charge in [0.25, 0.3) is 0 Å². The molecule has 1 saturated heterocycles. The molecule has 6 nitrogen and oxygen atoms in total. The summed E-state index contributed by atoms with van der Waals surface area (Å²) < 4.78 is 22.3. The number of nitrogens with one attached hydrogen (secondary N) is 1. The van der Waals surface area contributed by atoms with Crippen LogP contribution in [0.5, 0.6) is 0 Å².